The van der Waals surface area contributed by atoms with Gasteiger partial charge in [-0.15, -0.1) is 11.7 Å². The first kappa shape index (κ1) is 35.5. The quantitative estimate of drug-likeness (QED) is 0.0849. The number of alkyl carbamates (subject to hydrolysis) is 1. The number of carboxylic acid groups (broad SMARTS) is 1. The Balaban J connectivity index is 1.43. The molecule has 48 heavy (non-hydrogen) atoms. The van der Waals surface area contributed by atoms with Crippen molar-refractivity contribution in [1.29, 1.82) is 0 Å². The van der Waals surface area contributed by atoms with Crippen molar-refractivity contribution in [3.8, 4) is 23.0 Å². The van der Waals surface area contributed by atoms with Gasteiger partial charge in [-0.25, -0.2) is 4.79 Å². The number of aliphatic hydroxyl groups is 2. The monoisotopic (exact) mass is 699 g/mol. The Kier molecular flexibility index (Phi) is 10.6. The summed E-state index contributed by atoms with van der Waals surface area (Å²) in [7, 11) is 4.26. The van der Waals surface area contributed by atoms with Crippen LogP contribution in [0.1, 0.15) is 49.3 Å². The fourth-order valence-corrected chi connectivity index (χ4v) is 6.94. The Morgan fingerprint density at radius 2 is 1.73 bits per heavy atom. The molecule has 0 spiro atoms. The molecule has 3 aromatic rings. The minimum absolute atomic E-state index is 0.132. The van der Waals surface area contributed by atoms with Gasteiger partial charge in [0.15, 0.2) is 11.2 Å². The van der Waals surface area contributed by atoms with E-state index in [9.17, 15) is 24.9 Å². The van der Waals surface area contributed by atoms with E-state index in [1.165, 1.54) is 25.0 Å². The van der Waals surface area contributed by atoms with Gasteiger partial charge in [-0.3, -0.25) is 4.79 Å². The van der Waals surface area contributed by atoms with E-state index in [2.05, 4.69) is 17.0 Å². The van der Waals surface area contributed by atoms with Gasteiger partial charge in [0.1, 0.15) is 35.7 Å². The summed E-state index contributed by atoms with van der Waals surface area (Å²) in [5.74, 6) is -2.43. The largest absolute Gasteiger partial charge is 0.497 e. The van der Waals surface area contributed by atoms with Crippen LogP contribution in [0.4, 0.5) is 4.79 Å². The summed E-state index contributed by atoms with van der Waals surface area (Å²) in [6.07, 6.45) is -1.05. The lowest BCUT2D eigenvalue weighted by molar-refractivity contribution is -0.159. The lowest BCUT2D eigenvalue weighted by atomic mass is 9.70. The predicted molar refractivity (Wildman–Crippen MR) is 183 cm³/mol. The van der Waals surface area contributed by atoms with Crippen LogP contribution in [0.25, 0.3) is 0 Å². The number of rotatable bonds is 14. The number of carbonyl (C=O) groups excluding carboxylic acids is 1. The number of methoxy groups -OCH3 is 2. The van der Waals surface area contributed by atoms with E-state index >= 15 is 0 Å². The van der Waals surface area contributed by atoms with E-state index < -0.39 is 41.2 Å². The van der Waals surface area contributed by atoms with Crippen LogP contribution in [-0.2, 0) is 20.7 Å². The van der Waals surface area contributed by atoms with E-state index in [0.29, 0.717) is 48.6 Å². The summed E-state index contributed by atoms with van der Waals surface area (Å²) in [5.41, 5.74) is -2.88. The zero-order valence-corrected chi connectivity index (χ0v) is 28.9. The summed E-state index contributed by atoms with van der Waals surface area (Å²) in [5, 5.41) is 37.9. The topological polar surface area (TPSA) is 153 Å². The molecule has 0 radical (unpaired) electrons. The molecule has 13 heteroatoms. The molecule has 0 bridgehead atoms. The van der Waals surface area contributed by atoms with Crippen LogP contribution in [0.5, 0.6) is 23.0 Å². The van der Waals surface area contributed by atoms with Crippen molar-refractivity contribution in [3.63, 3.8) is 0 Å². The van der Waals surface area contributed by atoms with Crippen molar-refractivity contribution in [3.05, 3.63) is 83.4 Å². The van der Waals surface area contributed by atoms with Gasteiger partial charge in [-0.1, -0.05) is 53.3 Å². The molecule has 1 fully saturated rings. The highest BCUT2D eigenvalue weighted by molar-refractivity contribution is 8.69. The standard InChI is InChI=1S/C35H41NO10S2/c1-33(2,48-47)20-45-32(40)36-16-8-9-17-44-24-18-25(43-4)29-26(19-24)46-35(22-12-14-23(42-3)15-13-22)28(21-10-6-5-7-11-21)27(31(38)39)30(37)34(29,35)41/h5-7,10-15,18-19,27-28,30,37,41,47H,8-9,16-17,20H2,1-4H3,(H,36,40)(H,38,39)/t27-,28-,30-,34+,35+/m1/s1. The van der Waals surface area contributed by atoms with Crippen LogP contribution in [0.2, 0.25) is 0 Å². The molecule has 0 unspecified atom stereocenters. The molecule has 0 saturated heterocycles. The van der Waals surface area contributed by atoms with Crippen molar-refractivity contribution in [2.75, 3.05) is 34.0 Å². The highest BCUT2D eigenvalue weighted by Crippen LogP contribution is 2.70. The Labute approximate surface area is 288 Å². The molecule has 1 aliphatic carbocycles. The van der Waals surface area contributed by atoms with Gasteiger partial charge >= 0.3 is 12.1 Å². The maximum atomic E-state index is 12.8. The number of nitrogens with one attached hydrogen (secondary N) is 1. The molecule has 3 aromatic carbocycles. The molecule has 0 aromatic heterocycles. The molecule has 5 rings (SSSR count). The SMILES string of the molecule is COc1ccc([C@@]23Oc4cc(OCCCCNC(=O)OCC(C)(C)SS)cc(OC)c4[C@]2(O)[C@H](O)[C@H](C(=O)O)[C@H]3c2ccccc2)cc1. The fourth-order valence-electron chi connectivity index (χ4n) is 6.67. The summed E-state index contributed by atoms with van der Waals surface area (Å²) < 4.78 is 28.8. The number of hydrogen-bond acceptors (Lipinski definition) is 11. The Morgan fingerprint density at radius 1 is 1.02 bits per heavy atom. The minimum atomic E-state index is -2.24. The van der Waals surface area contributed by atoms with E-state index in [1.54, 1.807) is 66.7 Å². The molecule has 11 nitrogen and oxygen atoms in total. The normalized spacial score (nSPS) is 24.2. The predicted octanol–water partition coefficient (Wildman–Crippen LogP) is 5.28. The second kappa shape index (κ2) is 14.4. The second-order valence-electron chi connectivity index (χ2n) is 12.4. The van der Waals surface area contributed by atoms with Crippen LogP contribution in [0.3, 0.4) is 0 Å². The maximum Gasteiger partial charge on any atom is 0.407 e. The molecule has 1 aliphatic heterocycles. The molecule has 4 N–H and O–H groups in total. The summed E-state index contributed by atoms with van der Waals surface area (Å²) in [6, 6.07) is 18.9. The number of amides is 1. The van der Waals surface area contributed by atoms with Crippen LogP contribution in [0.15, 0.2) is 66.7 Å². The number of unbranched alkanes of at least 4 members (excludes halogenated alkanes) is 1. The molecule has 1 saturated carbocycles. The fraction of sp³-hybridized carbons (Fsp3) is 0.429. The van der Waals surface area contributed by atoms with Crippen LogP contribution in [-0.4, -0.2) is 72.2 Å². The van der Waals surface area contributed by atoms with E-state index in [4.69, 9.17) is 23.7 Å². The Hall–Kier alpha value is -3.78. The third-order valence-electron chi connectivity index (χ3n) is 8.91. The number of thiol groups is 1. The molecule has 1 amide bonds. The lowest BCUT2D eigenvalue weighted by Gasteiger charge is -2.40. The molecular formula is C35H41NO10S2. The summed E-state index contributed by atoms with van der Waals surface area (Å²) >= 11 is 4.18. The van der Waals surface area contributed by atoms with Crippen molar-refractivity contribution in [2.45, 2.75) is 54.7 Å². The highest BCUT2D eigenvalue weighted by atomic mass is 33.1. The zero-order chi connectivity index (χ0) is 34.7. The van der Waals surface area contributed by atoms with Gasteiger partial charge in [0.2, 0.25) is 0 Å². The summed E-state index contributed by atoms with van der Waals surface area (Å²) in [6.45, 7) is 4.78. The summed E-state index contributed by atoms with van der Waals surface area (Å²) in [4.78, 5) is 24.8. The first-order valence-electron chi connectivity index (χ1n) is 15.5. The number of fused-ring (bicyclic) bond motifs is 3. The number of carboxylic acids is 1. The number of benzene rings is 3. The van der Waals surface area contributed by atoms with E-state index in [0.717, 1.165) is 0 Å². The lowest BCUT2D eigenvalue weighted by Crippen LogP contribution is -2.52. The second-order valence-corrected chi connectivity index (χ2v) is 14.3. The van der Waals surface area contributed by atoms with Gasteiger partial charge in [0.25, 0.3) is 0 Å². The van der Waals surface area contributed by atoms with Gasteiger partial charge in [-0.2, -0.15) is 0 Å². The third kappa shape index (κ3) is 6.36. The van der Waals surface area contributed by atoms with Gasteiger partial charge in [0.05, 0.1) is 37.1 Å². The molecule has 5 atom stereocenters. The van der Waals surface area contributed by atoms with Crippen molar-refractivity contribution >= 4 is 34.5 Å². The Morgan fingerprint density at radius 3 is 2.35 bits per heavy atom. The number of hydrogen-bond donors (Lipinski definition) is 5. The molecule has 1 heterocycles. The van der Waals surface area contributed by atoms with E-state index in [-0.39, 0.29) is 28.4 Å². The molecular weight excluding hydrogens is 659 g/mol. The molecule has 2 aliphatic rings. The van der Waals surface area contributed by atoms with Crippen molar-refractivity contribution < 1.29 is 48.6 Å². The van der Waals surface area contributed by atoms with E-state index in [1.807, 2.05) is 13.8 Å². The van der Waals surface area contributed by atoms with Crippen LogP contribution < -0.4 is 24.3 Å². The zero-order valence-electron chi connectivity index (χ0n) is 27.2. The smallest absolute Gasteiger partial charge is 0.407 e. The van der Waals surface area contributed by atoms with Crippen LogP contribution >= 0.6 is 22.5 Å². The maximum absolute atomic E-state index is 12.8. The highest BCUT2D eigenvalue weighted by Gasteiger charge is 2.78. The average molecular weight is 700 g/mol. The first-order valence-corrected chi connectivity index (χ1v) is 17.4. The Bertz CT molecular complexity index is 1600. The van der Waals surface area contributed by atoms with Crippen molar-refractivity contribution in [2.24, 2.45) is 5.92 Å². The number of aliphatic hydroxyl groups excluding tert-OH is 1. The molecule has 258 valence electrons. The van der Waals surface area contributed by atoms with Crippen LogP contribution in [0, 0.1) is 5.92 Å². The average Bonchev–Trinajstić information content (AvgIpc) is 3.47. The minimum Gasteiger partial charge on any atom is -0.497 e. The van der Waals surface area contributed by atoms with Gasteiger partial charge in [0, 0.05) is 24.6 Å². The van der Waals surface area contributed by atoms with Gasteiger partial charge < -0.3 is 44.3 Å². The number of ether oxygens (including phenoxy) is 5. The van der Waals surface area contributed by atoms with Gasteiger partial charge in [-0.05, 0) is 49.9 Å². The number of aliphatic carboxylic acids is 1. The number of carbonyl (C=O) groups is 2. The third-order valence-corrected chi connectivity index (χ3v) is 11.0. The van der Waals surface area contributed by atoms with Crippen molar-refractivity contribution in [1.82, 2.24) is 5.32 Å². The first-order chi connectivity index (χ1) is 22.9.